The van der Waals surface area contributed by atoms with Crippen LogP contribution >= 0.6 is 0 Å². The number of benzene rings is 8. The predicted octanol–water partition coefficient (Wildman–Crippen LogP) is -21.5. The largest absolute Gasteiger partial charge is 1.00 e. The van der Waals surface area contributed by atoms with Crippen LogP contribution in [0.1, 0.15) is 52.6 Å². The average Bonchev–Trinajstić information content (AvgIpc) is 0.731. The molecule has 35 nitrogen and oxygen atoms in total. The molecule has 6 amide bonds. The van der Waals surface area contributed by atoms with Gasteiger partial charge in [0.25, 0.3) is 23.6 Å². The Morgan fingerprint density at radius 3 is 0.833 bits per heavy atom. The van der Waals surface area contributed by atoms with Crippen molar-refractivity contribution in [2.45, 2.75) is 53.0 Å². The fraction of sp³-hybridized carbons (Fsp3) is 0.0392. The number of amides is 6. The van der Waals surface area contributed by atoms with Crippen LogP contribution < -0.4 is 268 Å². The van der Waals surface area contributed by atoms with E-state index in [9.17, 15) is 128 Å². The molecule has 496 valence electrons. The predicted molar refractivity (Wildman–Crippen MR) is 311 cm³/mol. The maximum atomic E-state index is 13.8. The molecule has 0 heterocycles. The van der Waals surface area contributed by atoms with Gasteiger partial charge in [-0.25, -0.2) is 72.1 Å². The number of aryl methyl sites for hydroxylation is 2. The number of fused-ring (bicyclic) bond motifs is 2. The van der Waals surface area contributed by atoms with E-state index in [1.54, 1.807) is 0 Å². The summed E-state index contributed by atoms with van der Waals surface area (Å²) in [7, 11) is -48.1. The number of hydrogen-bond donors (Lipinski definition) is 6. The first-order chi connectivity index (χ1) is 43.0. The molecular weight excluding hydrogens is 1600 g/mol. The zero-order valence-electron chi connectivity index (χ0n) is 54.2. The molecule has 0 saturated heterocycles. The number of nitrogens with one attached hydrogen (secondary N) is 6. The molecule has 6 N–H and O–H groups in total. The molecule has 0 aliphatic heterocycles. The average molecular weight is 1630 g/mol. The molecule has 0 bridgehead atoms. The van der Waals surface area contributed by atoms with Crippen molar-refractivity contribution in [2.75, 3.05) is 31.9 Å². The summed E-state index contributed by atoms with van der Waals surface area (Å²) in [4.78, 5) is 54.1. The van der Waals surface area contributed by atoms with Gasteiger partial charge in [0.2, 0.25) is 0 Å². The first kappa shape index (κ1) is 101. The van der Waals surface area contributed by atoms with Crippen molar-refractivity contribution >= 4 is 166 Å². The molecule has 8 aromatic rings. The molecule has 0 saturated carbocycles. The van der Waals surface area contributed by atoms with Crippen LogP contribution in [-0.2, 0) is 80.9 Å². The van der Waals surface area contributed by atoms with E-state index in [2.05, 4.69) is 21.3 Å². The third-order valence-corrected chi connectivity index (χ3v) is 20.0. The van der Waals surface area contributed by atoms with E-state index in [-0.39, 0.29) is 318 Å². The van der Waals surface area contributed by atoms with Crippen LogP contribution in [0.3, 0.4) is 0 Å². The van der Waals surface area contributed by atoms with Gasteiger partial charge < -0.3 is 68.3 Å². The van der Waals surface area contributed by atoms with Crippen LogP contribution in [0.5, 0.6) is 0 Å². The minimum atomic E-state index is -6.13. The van der Waals surface area contributed by atoms with Crippen molar-refractivity contribution in [1.29, 1.82) is 0 Å². The smallest absolute Gasteiger partial charge is 0.744 e. The Morgan fingerprint density at radius 2 is 0.559 bits per heavy atom. The van der Waals surface area contributed by atoms with Crippen molar-refractivity contribution in [1.82, 2.24) is 0 Å². The summed E-state index contributed by atoms with van der Waals surface area (Å²) in [5.41, 5.74) is -4.46. The summed E-state index contributed by atoms with van der Waals surface area (Å²) in [6.07, 6.45) is 0. The first-order valence-electron chi connectivity index (χ1n) is 24.7. The Morgan fingerprint density at radius 1 is 0.284 bits per heavy atom. The van der Waals surface area contributed by atoms with Crippen molar-refractivity contribution < 1.29 is 364 Å². The molecule has 0 unspecified atom stereocenters. The van der Waals surface area contributed by atoms with Gasteiger partial charge in [-0.05, 0) is 122 Å². The Labute approximate surface area is 757 Å². The zero-order valence-corrected chi connectivity index (χ0v) is 76.7. The summed E-state index contributed by atoms with van der Waals surface area (Å²) < 4.78 is 296. The summed E-state index contributed by atoms with van der Waals surface area (Å²) >= 11 is 0. The van der Waals surface area contributed by atoms with Gasteiger partial charge in [0.05, 0.1) is 50.5 Å². The second-order valence-corrected chi connectivity index (χ2v) is 30.3. The first-order valence-corrected chi connectivity index (χ1v) is 36.0. The molecule has 0 atom stereocenters. The van der Waals surface area contributed by atoms with Crippen LogP contribution in [0, 0.1) is 13.8 Å². The van der Waals surface area contributed by atoms with E-state index in [0.29, 0.717) is 0 Å². The van der Waals surface area contributed by atoms with Gasteiger partial charge in [-0.15, -0.1) is 0 Å². The van der Waals surface area contributed by atoms with Gasteiger partial charge in [-0.3, -0.25) is 19.2 Å². The molecule has 51 heteroatoms. The fourth-order valence-corrected chi connectivity index (χ4v) is 14.5. The second-order valence-electron chi connectivity index (χ2n) is 19.4. The molecule has 0 aliphatic carbocycles. The third-order valence-electron chi connectivity index (χ3n) is 13.1. The minimum Gasteiger partial charge on any atom is -0.744 e. The Hall–Kier alpha value is -1.29. The monoisotopic (exact) mass is 1630 g/mol. The second kappa shape index (κ2) is 38.1. The molecule has 0 radical (unpaired) electrons. The number of carbonyl (C=O) groups is 5. The molecule has 102 heavy (non-hydrogen) atoms. The SMILES string of the molecule is Cc1ccc(C(=O)Nc2c(S(=O)(=O)[O-])cc(S(=O)(=O)[O-])c3cc(S(=O)(=O)[O-])cc(S(=O)(=O)[O-])c23)cc1NC(=O)c1cccc(NC(=O)Nc2cccc(C(=O)Nc3cc(C(=O)Nc4c(S(=O)(=O)[O-])cc(S(=O)(=O)[O-])c5cc(S(=O)(=O)[O-])cc(S(=O)(=O)[O-])c45)ccc3C)c2)c1.[Na+].[Na+].[Na+].[Na+].[Na+].[Na+].[Na+].[Na+]. The van der Waals surface area contributed by atoms with E-state index in [1.807, 2.05) is 10.6 Å². The summed E-state index contributed by atoms with van der Waals surface area (Å²) in [5, 5.41) is 7.72. The molecular formula is C51H32N6Na8O29S8. The maximum Gasteiger partial charge on any atom is 1.00 e. The van der Waals surface area contributed by atoms with Crippen LogP contribution in [0.15, 0.2) is 160 Å². The summed E-state index contributed by atoms with van der Waals surface area (Å²) in [6, 6.07) is 14.9. The van der Waals surface area contributed by atoms with Crippen molar-refractivity contribution in [2.24, 2.45) is 0 Å². The van der Waals surface area contributed by atoms with E-state index in [0.717, 1.165) is 36.4 Å². The minimum absolute atomic E-state index is 0. The standard InChI is InChI=1S/C51H40N6O29S8.8Na/c1-23-9-11-27(49(60)56-45-41(93(81,82)83)21-37(89(69,70)71)33-17-31(87(63,64)65)19-39(43(33)45)91(75,76)77)15-35(23)54-47(58)25-5-3-7-29(13-25)52-51(62)53-30-8-4-6-26(14-30)48(59)55-36-16-28(12-10-24(36)2)50(61)57-46-42(94(84,85)86)22-38(90(72,73)74)34-18-32(88(66,67)68)20-40(44(34)46)92(78,79)80;;;;;;;;/h3-22H,1-2H3,(H,54,58)(H,55,59)(H,56,60)(H,57,61)(H2,52,53,62)(H,63,64,65)(H,66,67,68)(H,69,70,71)(H,72,73,74)(H,75,76,77)(H,78,79,80)(H,81,82,83)(H,84,85,86);;;;;;;;/q;8*+1/p-8. The molecule has 0 spiro atoms. The van der Waals surface area contributed by atoms with E-state index in [4.69, 9.17) is 0 Å². The topological polar surface area (TPSA) is 615 Å². The van der Waals surface area contributed by atoms with E-state index >= 15 is 0 Å². The summed E-state index contributed by atoms with van der Waals surface area (Å²) in [6.45, 7) is 2.81. The van der Waals surface area contributed by atoms with E-state index in [1.165, 1.54) is 62.4 Å². The zero-order chi connectivity index (χ0) is 70.1. The number of carbonyl (C=O) groups excluding carboxylic acids is 5. The number of anilines is 6. The Balaban J connectivity index is 0.0000128. The van der Waals surface area contributed by atoms with Crippen molar-refractivity contribution in [3.8, 4) is 0 Å². The van der Waals surface area contributed by atoms with Gasteiger partial charge in [-0.2, -0.15) is 0 Å². The fourth-order valence-electron chi connectivity index (χ4n) is 8.93. The van der Waals surface area contributed by atoms with Crippen LogP contribution in [0.25, 0.3) is 21.5 Å². The third kappa shape index (κ3) is 24.4. The van der Waals surface area contributed by atoms with Crippen LogP contribution in [0.4, 0.5) is 38.9 Å². The molecule has 0 fully saturated rings. The Kier molecular flexibility index (Phi) is 37.6. The normalized spacial score (nSPS) is 11.6. The van der Waals surface area contributed by atoms with Gasteiger partial charge in [0.1, 0.15) is 80.9 Å². The molecule has 0 aliphatic rings. The molecule has 0 aromatic heterocycles. The van der Waals surface area contributed by atoms with Gasteiger partial charge in [-0.1, -0.05) is 24.3 Å². The van der Waals surface area contributed by atoms with Crippen LogP contribution in [0.2, 0.25) is 0 Å². The number of urea groups is 1. The number of rotatable bonds is 18. The Bertz CT molecular complexity index is 5380. The molecule has 8 rings (SSSR count). The van der Waals surface area contributed by atoms with E-state index < -0.39 is 194 Å². The quantitative estimate of drug-likeness (QED) is 0.0343. The maximum absolute atomic E-state index is 13.8. The summed E-state index contributed by atoms with van der Waals surface area (Å²) in [5.74, 6) is -4.85. The van der Waals surface area contributed by atoms with Gasteiger partial charge in [0.15, 0.2) is 0 Å². The molecule has 8 aromatic carbocycles. The van der Waals surface area contributed by atoms with Crippen LogP contribution in [-0.4, -0.2) is 133 Å². The number of hydrogen-bond acceptors (Lipinski definition) is 29. The van der Waals surface area contributed by atoms with Crippen molar-refractivity contribution in [3.63, 3.8) is 0 Å². The van der Waals surface area contributed by atoms with Gasteiger partial charge >= 0.3 is 242 Å². The van der Waals surface area contributed by atoms with Crippen molar-refractivity contribution in [3.05, 3.63) is 155 Å². The van der Waals surface area contributed by atoms with Gasteiger partial charge in [0, 0.05) is 66.5 Å².